The summed E-state index contributed by atoms with van der Waals surface area (Å²) in [6, 6.07) is 6.80. The van der Waals surface area contributed by atoms with Crippen LogP contribution in [0.4, 0.5) is 0 Å². The summed E-state index contributed by atoms with van der Waals surface area (Å²) >= 11 is 1.54. The number of esters is 1. The number of hydrogen-bond acceptors (Lipinski definition) is 6. The molecule has 134 valence electrons. The first-order chi connectivity index (χ1) is 12.0. The van der Waals surface area contributed by atoms with E-state index in [2.05, 4.69) is 10.3 Å². The third kappa shape index (κ3) is 5.56. The van der Waals surface area contributed by atoms with Gasteiger partial charge >= 0.3 is 5.97 Å². The van der Waals surface area contributed by atoms with Crippen LogP contribution in [0.5, 0.6) is 5.75 Å². The Morgan fingerprint density at radius 2 is 2.08 bits per heavy atom. The van der Waals surface area contributed by atoms with E-state index in [-0.39, 0.29) is 18.1 Å². The van der Waals surface area contributed by atoms with E-state index < -0.39 is 12.1 Å². The van der Waals surface area contributed by atoms with Crippen molar-refractivity contribution in [2.45, 2.75) is 39.9 Å². The number of carbonyl (C=O) groups is 2. The van der Waals surface area contributed by atoms with Crippen LogP contribution in [-0.4, -0.2) is 29.5 Å². The van der Waals surface area contributed by atoms with E-state index in [0.717, 1.165) is 17.1 Å². The first-order valence-electron chi connectivity index (χ1n) is 8.12. The van der Waals surface area contributed by atoms with E-state index in [0.29, 0.717) is 12.3 Å². The number of nitrogens with one attached hydrogen (secondary N) is 1. The molecule has 0 spiro atoms. The van der Waals surface area contributed by atoms with Crippen LogP contribution >= 0.6 is 11.3 Å². The molecule has 2 rings (SSSR count). The minimum absolute atomic E-state index is 0.265. The number of nitrogens with zero attached hydrogens (tertiary/aromatic N) is 1. The largest absolute Gasteiger partial charge is 0.486 e. The monoisotopic (exact) mass is 362 g/mol. The van der Waals surface area contributed by atoms with Crippen molar-refractivity contribution in [3.8, 4) is 5.75 Å². The molecule has 7 heteroatoms. The molecule has 1 atom stereocenters. The van der Waals surface area contributed by atoms with Gasteiger partial charge in [0.2, 0.25) is 0 Å². The lowest BCUT2D eigenvalue weighted by atomic mass is 10.2. The number of rotatable bonds is 8. The highest BCUT2D eigenvalue weighted by Gasteiger charge is 2.21. The molecule has 0 aliphatic rings. The molecule has 0 unspecified atom stereocenters. The van der Waals surface area contributed by atoms with Crippen LogP contribution in [0.15, 0.2) is 29.6 Å². The molecule has 0 saturated carbocycles. The number of aryl methyl sites for hydroxylation is 1. The summed E-state index contributed by atoms with van der Waals surface area (Å²) in [6.45, 7) is 6.23. The van der Waals surface area contributed by atoms with Crippen molar-refractivity contribution in [2.24, 2.45) is 0 Å². The maximum atomic E-state index is 12.4. The highest BCUT2D eigenvalue weighted by Crippen LogP contribution is 2.21. The predicted octanol–water partition coefficient (Wildman–Crippen LogP) is 3.10. The molecule has 0 radical (unpaired) electrons. The second-order valence-corrected chi connectivity index (χ2v) is 6.54. The SMILES string of the molecule is CCCNC(=O)[C@H](C)OC(=O)c1ccccc1OCc1csc(C)n1. The highest BCUT2D eigenvalue weighted by molar-refractivity contribution is 7.09. The number of hydrogen-bond donors (Lipinski definition) is 1. The molecule has 1 aromatic heterocycles. The molecule has 1 N–H and O–H groups in total. The van der Waals surface area contributed by atoms with E-state index in [9.17, 15) is 9.59 Å². The zero-order valence-electron chi connectivity index (χ0n) is 14.6. The highest BCUT2D eigenvalue weighted by atomic mass is 32.1. The Kier molecular flexibility index (Phi) is 6.94. The number of para-hydroxylation sites is 1. The van der Waals surface area contributed by atoms with Gasteiger partial charge in [-0.1, -0.05) is 19.1 Å². The van der Waals surface area contributed by atoms with Gasteiger partial charge in [0, 0.05) is 11.9 Å². The second-order valence-electron chi connectivity index (χ2n) is 5.48. The fourth-order valence-electron chi connectivity index (χ4n) is 2.06. The van der Waals surface area contributed by atoms with Crippen molar-refractivity contribution >= 4 is 23.2 Å². The molecule has 1 heterocycles. The molecule has 0 fully saturated rings. The lowest BCUT2D eigenvalue weighted by Gasteiger charge is -2.15. The van der Waals surface area contributed by atoms with E-state index in [4.69, 9.17) is 9.47 Å². The zero-order chi connectivity index (χ0) is 18.2. The van der Waals surface area contributed by atoms with Crippen molar-refractivity contribution in [1.82, 2.24) is 10.3 Å². The maximum Gasteiger partial charge on any atom is 0.342 e. The summed E-state index contributed by atoms with van der Waals surface area (Å²) in [5, 5.41) is 5.57. The quantitative estimate of drug-likeness (QED) is 0.730. The van der Waals surface area contributed by atoms with E-state index in [1.807, 2.05) is 19.2 Å². The number of benzene rings is 1. The summed E-state index contributed by atoms with van der Waals surface area (Å²) in [6.07, 6.45) is -0.0487. The van der Waals surface area contributed by atoms with Crippen LogP contribution in [0.1, 0.15) is 41.3 Å². The van der Waals surface area contributed by atoms with Gasteiger partial charge in [-0.15, -0.1) is 11.3 Å². The maximum absolute atomic E-state index is 12.4. The fourth-order valence-corrected chi connectivity index (χ4v) is 2.65. The van der Waals surface area contributed by atoms with Crippen LogP contribution in [-0.2, 0) is 16.1 Å². The van der Waals surface area contributed by atoms with Gasteiger partial charge in [0.15, 0.2) is 6.10 Å². The Morgan fingerprint density at radius 3 is 2.76 bits per heavy atom. The first-order valence-corrected chi connectivity index (χ1v) is 9.00. The van der Waals surface area contributed by atoms with Crippen LogP contribution < -0.4 is 10.1 Å². The molecule has 0 aliphatic heterocycles. The molecule has 0 aliphatic carbocycles. The summed E-state index contributed by atoms with van der Waals surface area (Å²) in [5.41, 5.74) is 1.09. The fraction of sp³-hybridized carbons (Fsp3) is 0.389. The van der Waals surface area contributed by atoms with Crippen LogP contribution in [0.2, 0.25) is 0 Å². The minimum atomic E-state index is -0.867. The molecule has 1 amide bonds. The van der Waals surface area contributed by atoms with Gasteiger partial charge in [-0.2, -0.15) is 0 Å². The van der Waals surface area contributed by atoms with Crippen molar-refractivity contribution in [3.63, 3.8) is 0 Å². The van der Waals surface area contributed by atoms with Crippen molar-refractivity contribution in [3.05, 3.63) is 45.9 Å². The number of thiazole rings is 1. The van der Waals surface area contributed by atoms with Gasteiger partial charge in [0.05, 0.1) is 10.7 Å². The molecule has 6 nitrogen and oxygen atoms in total. The number of amides is 1. The Hall–Kier alpha value is -2.41. The number of carbonyl (C=O) groups excluding carboxylic acids is 2. The normalized spacial score (nSPS) is 11.6. The summed E-state index contributed by atoms with van der Waals surface area (Å²) in [7, 11) is 0. The topological polar surface area (TPSA) is 77.5 Å². The van der Waals surface area contributed by atoms with Crippen molar-refractivity contribution in [2.75, 3.05) is 6.54 Å². The Balaban J connectivity index is 2.00. The molecule has 25 heavy (non-hydrogen) atoms. The third-order valence-electron chi connectivity index (χ3n) is 3.35. The Labute approximate surface area is 151 Å². The van der Waals surface area contributed by atoms with Gasteiger partial charge in [-0.25, -0.2) is 9.78 Å². The van der Waals surface area contributed by atoms with Crippen molar-refractivity contribution in [1.29, 1.82) is 0 Å². The van der Waals surface area contributed by atoms with Crippen LogP contribution in [0.25, 0.3) is 0 Å². The molecular formula is C18H22N2O4S. The number of aromatic nitrogens is 1. The lowest BCUT2D eigenvalue weighted by molar-refractivity contribution is -0.129. The van der Waals surface area contributed by atoms with Crippen molar-refractivity contribution < 1.29 is 19.1 Å². The molecule has 0 saturated heterocycles. The standard InChI is InChI=1S/C18H22N2O4S/c1-4-9-19-17(21)12(2)24-18(22)15-7-5-6-8-16(15)23-10-14-11-25-13(3)20-14/h5-8,11-12H,4,9-10H2,1-3H3,(H,19,21)/t12-/m0/s1. The molecular weight excluding hydrogens is 340 g/mol. The predicted molar refractivity (Wildman–Crippen MR) is 95.8 cm³/mol. The van der Waals surface area contributed by atoms with E-state index >= 15 is 0 Å². The molecule has 2 aromatic rings. The average molecular weight is 362 g/mol. The van der Waals surface area contributed by atoms with Gasteiger partial charge in [-0.05, 0) is 32.4 Å². The molecule has 1 aromatic carbocycles. The zero-order valence-corrected chi connectivity index (χ0v) is 15.4. The summed E-state index contributed by atoms with van der Waals surface area (Å²) in [4.78, 5) is 28.5. The third-order valence-corrected chi connectivity index (χ3v) is 4.17. The first kappa shape index (κ1) is 18.9. The van der Waals surface area contributed by atoms with Gasteiger partial charge in [0.1, 0.15) is 17.9 Å². The lowest BCUT2D eigenvalue weighted by Crippen LogP contribution is -2.36. The van der Waals surface area contributed by atoms with Gasteiger partial charge < -0.3 is 14.8 Å². The molecule has 0 bridgehead atoms. The smallest absolute Gasteiger partial charge is 0.342 e. The van der Waals surface area contributed by atoms with Crippen LogP contribution in [0.3, 0.4) is 0 Å². The van der Waals surface area contributed by atoms with Gasteiger partial charge in [0.25, 0.3) is 5.91 Å². The second kappa shape index (κ2) is 9.17. The Morgan fingerprint density at radius 1 is 1.32 bits per heavy atom. The van der Waals surface area contributed by atoms with E-state index in [1.165, 1.54) is 0 Å². The average Bonchev–Trinajstić information content (AvgIpc) is 3.03. The summed E-state index contributed by atoms with van der Waals surface area (Å²) < 4.78 is 11.0. The Bertz CT molecular complexity index is 729. The van der Waals surface area contributed by atoms with Gasteiger partial charge in [-0.3, -0.25) is 4.79 Å². The summed E-state index contributed by atoms with van der Waals surface area (Å²) in [5.74, 6) is -0.505. The minimum Gasteiger partial charge on any atom is -0.486 e. The van der Waals surface area contributed by atoms with E-state index in [1.54, 1.807) is 42.5 Å². The number of ether oxygens (including phenoxy) is 2. The van der Waals surface area contributed by atoms with Crippen LogP contribution in [0, 0.1) is 6.92 Å².